The zero-order chi connectivity index (χ0) is 22.3. The molecule has 0 unspecified atom stereocenters. The maximum absolute atomic E-state index is 12.8. The molecule has 0 aromatic heterocycles. The first-order valence-corrected chi connectivity index (χ1v) is 11.2. The minimum absolute atomic E-state index is 0.0909. The van der Waals surface area contributed by atoms with Crippen LogP contribution in [-0.4, -0.2) is 27.6 Å². The van der Waals surface area contributed by atoms with Crippen molar-refractivity contribution in [2.75, 3.05) is 11.9 Å². The SMILES string of the molecule is O=C(COc1ccc(C=C2SC(=S)N(Cc3ccccc3)C2=O)cc1)Nc1ccccc1. The van der Waals surface area contributed by atoms with E-state index in [0.717, 1.165) is 16.8 Å². The molecule has 4 rings (SSSR count). The average molecular weight is 461 g/mol. The van der Waals surface area contributed by atoms with Gasteiger partial charge in [-0.3, -0.25) is 14.5 Å². The Kier molecular flexibility index (Phi) is 6.99. The molecule has 1 aliphatic rings. The van der Waals surface area contributed by atoms with E-state index >= 15 is 0 Å². The molecule has 1 N–H and O–H groups in total. The zero-order valence-electron chi connectivity index (χ0n) is 17.1. The fraction of sp³-hybridized carbons (Fsp3) is 0.0800. The van der Waals surface area contributed by atoms with Gasteiger partial charge in [0.1, 0.15) is 10.1 Å². The third-order valence-electron chi connectivity index (χ3n) is 4.66. The topological polar surface area (TPSA) is 58.6 Å². The maximum atomic E-state index is 12.8. The summed E-state index contributed by atoms with van der Waals surface area (Å²) in [6.45, 7) is 0.368. The van der Waals surface area contributed by atoms with Crippen LogP contribution >= 0.6 is 24.0 Å². The molecule has 0 atom stereocenters. The molecule has 3 aromatic carbocycles. The van der Waals surface area contributed by atoms with Crippen molar-refractivity contribution >= 4 is 51.9 Å². The third-order valence-corrected chi connectivity index (χ3v) is 6.04. The van der Waals surface area contributed by atoms with Gasteiger partial charge in [-0.2, -0.15) is 0 Å². The van der Waals surface area contributed by atoms with Crippen molar-refractivity contribution in [1.82, 2.24) is 4.90 Å². The molecule has 0 radical (unpaired) electrons. The van der Waals surface area contributed by atoms with Crippen LogP contribution in [-0.2, 0) is 16.1 Å². The Bertz CT molecular complexity index is 1150. The van der Waals surface area contributed by atoms with Gasteiger partial charge in [0.2, 0.25) is 0 Å². The average Bonchev–Trinajstić information content (AvgIpc) is 3.07. The number of nitrogens with zero attached hydrogens (tertiary/aromatic N) is 1. The molecule has 7 heteroatoms. The van der Waals surface area contributed by atoms with E-state index in [9.17, 15) is 9.59 Å². The van der Waals surface area contributed by atoms with Crippen molar-refractivity contribution < 1.29 is 14.3 Å². The number of benzene rings is 3. The number of amides is 2. The van der Waals surface area contributed by atoms with Crippen molar-refractivity contribution in [2.45, 2.75) is 6.54 Å². The normalized spacial score (nSPS) is 14.6. The van der Waals surface area contributed by atoms with E-state index in [-0.39, 0.29) is 18.4 Å². The van der Waals surface area contributed by atoms with Crippen LogP contribution in [0.3, 0.4) is 0 Å². The molecule has 0 saturated carbocycles. The van der Waals surface area contributed by atoms with Crippen molar-refractivity contribution in [2.24, 2.45) is 0 Å². The van der Waals surface area contributed by atoms with Gasteiger partial charge >= 0.3 is 0 Å². The highest BCUT2D eigenvalue weighted by Gasteiger charge is 2.31. The zero-order valence-corrected chi connectivity index (χ0v) is 18.7. The highest BCUT2D eigenvalue weighted by Crippen LogP contribution is 2.33. The van der Waals surface area contributed by atoms with Gasteiger partial charge in [0, 0.05) is 5.69 Å². The van der Waals surface area contributed by atoms with Gasteiger partial charge in [-0.15, -0.1) is 0 Å². The monoisotopic (exact) mass is 460 g/mol. The van der Waals surface area contributed by atoms with Gasteiger partial charge in [-0.25, -0.2) is 0 Å². The Hall–Kier alpha value is -3.42. The fourth-order valence-electron chi connectivity index (χ4n) is 3.08. The van der Waals surface area contributed by atoms with Crippen LogP contribution in [0, 0.1) is 0 Å². The Morgan fingerprint density at radius 3 is 2.31 bits per heavy atom. The third kappa shape index (κ3) is 5.63. The van der Waals surface area contributed by atoms with Crippen LogP contribution in [0.1, 0.15) is 11.1 Å². The molecular formula is C25H20N2O3S2. The standard InChI is InChI=1S/C25H20N2O3S2/c28-23(26-20-9-5-2-6-10-20)17-30-21-13-11-18(12-14-21)15-22-24(29)27(25(31)32-22)16-19-7-3-1-4-8-19/h1-15H,16-17H2,(H,26,28). The number of thiocarbonyl (C=S) groups is 1. The molecule has 32 heavy (non-hydrogen) atoms. The second-order valence-corrected chi connectivity index (χ2v) is 8.70. The number of nitrogens with one attached hydrogen (secondary N) is 1. The number of ether oxygens (including phenoxy) is 1. The van der Waals surface area contributed by atoms with Crippen molar-refractivity contribution in [3.05, 3.63) is 101 Å². The smallest absolute Gasteiger partial charge is 0.266 e. The first kappa shape index (κ1) is 21.8. The molecule has 1 saturated heterocycles. The molecule has 1 heterocycles. The Balaban J connectivity index is 1.34. The molecule has 2 amide bonds. The first-order chi connectivity index (χ1) is 15.6. The predicted octanol–water partition coefficient (Wildman–Crippen LogP) is 5.11. The first-order valence-electron chi connectivity index (χ1n) is 9.95. The number of carbonyl (C=O) groups excluding carboxylic acids is 2. The van der Waals surface area contributed by atoms with E-state index in [4.69, 9.17) is 17.0 Å². The van der Waals surface area contributed by atoms with Crippen molar-refractivity contribution in [3.8, 4) is 5.75 Å². The quantitative estimate of drug-likeness (QED) is 0.392. The van der Waals surface area contributed by atoms with Crippen molar-refractivity contribution in [1.29, 1.82) is 0 Å². The van der Waals surface area contributed by atoms with Crippen LogP contribution in [0.5, 0.6) is 5.75 Å². The summed E-state index contributed by atoms with van der Waals surface area (Å²) in [5.41, 5.74) is 2.61. The van der Waals surface area contributed by atoms with E-state index in [1.807, 2.05) is 78.9 Å². The van der Waals surface area contributed by atoms with Crippen molar-refractivity contribution in [3.63, 3.8) is 0 Å². The maximum Gasteiger partial charge on any atom is 0.266 e. The second kappa shape index (κ2) is 10.3. The lowest BCUT2D eigenvalue weighted by Crippen LogP contribution is -2.27. The molecule has 0 aliphatic carbocycles. The van der Waals surface area contributed by atoms with Crippen LogP contribution in [0.2, 0.25) is 0 Å². The van der Waals surface area contributed by atoms with Gasteiger partial charge in [0.25, 0.3) is 11.8 Å². The highest BCUT2D eigenvalue weighted by atomic mass is 32.2. The summed E-state index contributed by atoms with van der Waals surface area (Å²) in [6.07, 6.45) is 1.82. The molecule has 1 aliphatic heterocycles. The Morgan fingerprint density at radius 2 is 1.62 bits per heavy atom. The molecule has 0 bridgehead atoms. The van der Waals surface area contributed by atoms with Gasteiger partial charge in [-0.05, 0) is 41.5 Å². The number of thioether (sulfide) groups is 1. The van der Waals surface area contributed by atoms with E-state index in [2.05, 4.69) is 5.32 Å². The Morgan fingerprint density at radius 1 is 0.969 bits per heavy atom. The number of para-hydroxylation sites is 1. The van der Waals surface area contributed by atoms with E-state index in [0.29, 0.717) is 21.5 Å². The summed E-state index contributed by atoms with van der Waals surface area (Å²) in [5.74, 6) is 0.242. The van der Waals surface area contributed by atoms with E-state index < -0.39 is 0 Å². The van der Waals surface area contributed by atoms with Crippen LogP contribution < -0.4 is 10.1 Å². The predicted molar refractivity (Wildman–Crippen MR) is 132 cm³/mol. The van der Waals surface area contributed by atoms with Gasteiger partial charge in [0.15, 0.2) is 6.61 Å². The lowest BCUT2D eigenvalue weighted by molar-refractivity contribution is -0.122. The molecule has 0 spiro atoms. The summed E-state index contributed by atoms with van der Waals surface area (Å²) < 4.78 is 6.10. The largest absolute Gasteiger partial charge is 0.484 e. The van der Waals surface area contributed by atoms with Crippen LogP contribution in [0.15, 0.2) is 89.8 Å². The van der Waals surface area contributed by atoms with Gasteiger partial charge in [0.05, 0.1) is 11.4 Å². The minimum atomic E-state index is -0.234. The number of anilines is 1. The summed E-state index contributed by atoms with van der Waals surface area (Å²) >= 11 is 6.71. The number of hydrogen-bond acceptors (Lipinski definition) is 5. The molecule has 3 aromatic rings. The van der Waals surface area contributed by atoms with Crippen LogP contribution in [0.4, 0.5) is 5.69 Å². The van der Waals surface area contributed by atoms with Gasteiger partial charge in [-0.1, -0.05) is 84.6 Å². The summed E-state index contributed by atoms with van der Waals surface area (Å²) in [4.78, 5) is 27.0. The number of carbonyl (C=O) groups is 2. The molecule has 5 nitrogen and oxygen atoms in total. The molecule has 160 valence electrons. The van der Waals surface area contributed by atoms with E-state index in [1.54, 1.807) is 17.0 Å². The van der Waals surface area contributed by atoms with Gasteiger partial charge < -0.3 is 10.1 Å². The summed E-state index contributed by atoms with van der Waals surface area (Å²) in [7, 11) is 0. The fourth-order valence-corrected chi connectivity index (χ4v) is 4.34. The number of hydrogen-bond donors (Lipinski definition) is 1. The number of rotatable bonds is 7. The minimum Gasteiger partial charge on any atom is -0.484 e. The Labute approximate surface area is 196 Å². The second-order valence-electron chi connectivity index (χ2n) is 7.03. The molecule has 1 fully saturated rings. The highest BCUT2D eigenvalue weighted by molar-refractivity contribution is 8.26. The summed E-state index contributed by atoms with van der Waals surface area (Å²) in [5, 5.41) is 2.77. The van der Waals surface area contributed by atoms with E-state index in [1.165, 1.54) is 11.8 Å². The lowest BCUT2D eigenvalue weighted by atomic mass is 10.2. The summed E-state index contributed by atoms with van der Waals surface area (Å²) in [6, 6.07) is 26.2. The lowest BCUT2D eigenvalue weighted by Gasteiger charge is -2.14. The molecular weight excluding hydrogens is 440 g/mol. The van der Waals surface area contributed by atoms with Crippen LogP contribution in [0.25, 0.3) is 6.08 Å².